The topological polar surface area (TPSA) is 70.6 Å². The number of aromatic nitrogens is 2. The Balaban J connectivity index is 1.45. The van der Waals surface area contributed by atoms with Gasteiger partial charge < -0.3 is 19.9 Å². The summed E-state index contributed by atoms with van der Waals surface area (Å²) in [6.45, 7) is 5.41. The average Bonchev–Trinajstić information content (AvgIpc) is 3.10. The van der Waals surface area contributed by atoms with Crippen molar-refractivity contribution in [3.8, 4) is 0 Å². The van der Waals surface area contributed by atoms with Crippen LogP contribution in [0.4, 0.5) is 10.9 Å². The molecule has 7 nitrogen and oxygen atoms in total. The van der Waals surface area contributed by atoms with Gasteiger partial charge >= 0.3 is 5.97 Å². The zero-order valence-electron chi connectivity index (χ0n) is 16.7. The fourth-order valence-corrected chi connectivity index (χ4v) is 5.64. The number of thiocarbonyl (C=S) groups is 1. The van der Waals surface area contributed by atoms with E-state index in [0.29, 0.717) is 16.6 Å². The zero-order chi connectivity index (χ0) is 20.4. The number of hydrogen-bond acceptors (Lipinski definition) is 7. The van der Waals surface area contributed by atoms with E-state index in [0.717, 1.165) is 62.0 Å². The summed E-state index contributed by atoms with van der Waals surface area (Å²) in [7, 11) is 1.44. The molecule has 1 aliphatic carbocycles. The van der Waals surface area contributed by atoms with Crippen molar-refractivity contribution in [2.45, 2.75) is 26.2 Å². The van der Waals surface area contributed by atoms with Crippen molar-refractivity contribution in [1.82, 2.24) is 14.9 Å². The number of carbonyl (C=O) groups is 1. The summed E-state index contributed by atoms with van der Waals surface area (Å²) in [5, 5.41) is 4.81. The van der Waals surface area contributed by atoms with E-state index in [1.165, 1.54) is 12.0 Å². The molecule has 1 N–H and O–H groups in total. The predicted octanol–water partition coefficient (Wildman–Crippen LogP) is 2.97. The Bertz CT molecular complexity index is 894. The quantitative estimate of drug-likeness (QED) is 0.588. The average molecular weight is 432 g/mol. The molecule has 1 atom stereocenters. The van der Waals surface area contributed by atoms with Crippen molar-refractivity contribution < 1.29 is 9.53 Å². The number of ether oxygens (including phenoxy) is 1. The van der Waals surface area contributed by atoms with Crippen molar-refractivity contribution in [2.75, 3.05) is 43.5 Å². The SMILES string of the molecule is COC(=O)c1c(NC(=S)N2CCN(c3ncccn3)CC2)sc2c1CCC(C)C2. The van der Waals surface area contributed by atoms with Crippen LogP contribution >= 0.6 is 23.6 Å². The molecule has 0 amide bonds. The van der Waals surface area contributed by atoms with E-state index < -0.39 is 0 Å². The summed E-state index contributed by atoms with van der Waals surface area (Å²) in [5.41, 5.74) is 1.80. The molecule has 1 saturated heterocycles. The summed E-state index contributed by atoms with van der Waals surface area (Å²) >= 11 is 7.32. The van der Waals surface area contributed by atoms with Crippen molar-refractivity contribution in [3.05, 3.63) is 34.5 Å². The van der Waals surface area contributed by atoms with Gasteiger partial charge in [-0.25, -0.2) is 14.8 Å². The highest BCUT2D eigenvalue weighted by molar-refractivity contribution is 7.80. The molecule has 9 heteroatoms. The highest BCUT2D eigenvalue weighted by Gasteiger charge is 2.29. The van der Waals surface area contributed by atoms with Crippen molar-refractivity contribution in [2.24, 2.45) is 5.92 Å². The molecule has 2 aromatic rings. The second-order valence-electron chi connectivity index (χ2n) is 7.50. The van der Waals surface area contributed by atoms with Crippen LogP contribution in [-0.2, 0) is 17.6 Å². The van der Waals surface area contributed by atoms with Gasteiger partial charge in [0.25, 0.3) is 0 Å². The number of thiophene rings is 1. The first kappa shape index (κ1) is 20.0. The summed E-state index contributed by atoms with van der Waals surface area (Å²) in [5.74, 6) is 1.10. The number of fused-ring (bicyclic) bond motifs is 1. The molecule has 1 unspecified atom stereocenters. The van der Waals surface area contributed by atoms with Crippen LogP contribution in [-0.4, -0.2) is 59.2 Å². The Kier molecular flexibility index (Phi) is 5.96. The first-order valence-corrected chi connectivity index (χ1v) is 11.1. The van der Waals surface area contributed by atoms with Gasteiger partial charge in [-0.3, -0.25) is 0 Å². The molecule has 2 aliphatic rings. The number of anilines is 2. The minimum absolute atomic E-state index is 0.284. The maximum atomic E-state index is 12.5. The minimum atomic E-state index is -0.284. The molecule has 1 aliphatic heterocycles. The summed E-state index contributed by atoms with van der Waals surface area (Å²) in [6.07, 6.45) is 6.54. The molecule has 0 aromatic carbocycles. The Labute approximate surface area is 180 Å². The van der Waals surface area contributed by atoms with Crippen molar-refractivity contribution >= 4 is 45.6 Å². The Morgan fingerprint density at radius 3 is 2.69 bits per heavy atom. The molecule has 0 bridgehead atoms. The first-order valence-electron chi connectivity index (χ1n) is 9.87. The maximum absolute atomic E-state index is 12.5. The molecule has 29 heavy (non-hydrogen) atoms. The predicted molar refractivity (Wildman–Crippen MR) is 119 cm³/mol. The smallest absolute Gasteiger partial charge is 0.341 e. The lowest BCUT2D eigenvalue weighted by atomic mass is 9.88. The summed E-state index contributed by atoms with van der Waals surface area (Å²) < 4.78 is 5.07. The Morgan fingerprint density at radius 2 is 2.00 bits per heavy atom. The molecule has 154 valence electrons. The molecule has 0 saturated carbocycles. The second kappa shape index (κ2) is 8.62. The number of hydrogen-bond donors (Lipinski definition) is 1. The first-order chi connectivity index (χ1) is 14.1. The van der Waals surface area contributed by atoms with Crippen LogP contribution < -0.4 is 10.2 Å². The molecule has 2 aromatic heterocycles. The number of nitrogens with one attached hydrogen (secondary N) is 1. The number of piperazine rings is 1. The lowest BCUT2D eigenvalue weighted by Gasteiger charge is -2.36. The number of nitrogens with zero attached hydrogens (tertiary/aromatic N) is 4. The molecular weight excluding hydrogens is 406 g/mol. The number of carbonyl (C=O) groups excluding carboxylic acids is 1. The van der Waals surface area contributed by atoms with E-state index in [1.807, 2.05) is 6.07 Å². The molecule has 0 radical (unpaired) electrons. The fourth-order valence-electron chi connectivity index (χ4n) is 3.90. The van der Waals surface area contributed by atoms with Crippen LogP contribution in [0.15, 0.2) is 18.5 Å². The Hall–Kier alpha value is -2.26. The second-order valence-corrected chi connectivity index (χ2v) is 8.99. The molecule has 0 spiro atoms. The van der Waals surface area contributed by atoms with Gasteiger partial charge in [0.1, 0.15) is 5.00 Å². The van der Waals surface area contributed by atoms with Gasteiger partial charge in [-0.1, -0.05) is 6.92 Å². The third kappa shape index (κ3) is 4.20. The Morgan fingerprint density at radius 1 is 1.28 bits per heavy atom. The van der Waals surface area contributed by atoms with Crippen LogP contribution in [0, 0.1) is 5.92 Å². The van der Waals surface area contributed by atoms with Crippen molar-refractivity contribution in [1.29, 1.82) is 0 Å². The zero-order valence-corrected chi connectivity index (χ0v) is 18.3. The van der Waals surface area contributed by atoms with Gasteiger partial charge in [-0.05, 0) is 49.0 Å². The third-order valence-corrected chi connectivity index (χ3v) is 7.05. The number of methoxy groups -OCH3 is 1. The highest BCUT2D eigenvalue weighted by atomic mass is 32.1. The van der Waals surface area contributed by atoms with Gasteiger partial charge in [-0.2, -0.15) is 0 Å². The standard InChI is InChI=1S/C20H25N5O2S2/c1-13-4-5-14-15(12-13)29-17(16(14)18(26)27-2)23-20(28)25-10-8-24(9-11-25)19-21-6-3-7-22-19/h3,6-7,13H,4-5,8-12H2,1-2H3,(H,23,28). The highest BCUT2D eigenvalue weighted by Crippen LogP contribution is 2.40. The van der Waals surface area contributed by atoms with Crippen LogP contribution in [0.25, 0.3) is 0 Å². The summed E-state index contributed by atoms with van der Waals surface area (Å²) in [6, 6.07) is 1.82. The minimum Gasteiger partial charge on any atom is -0.465 e. The largest absolute Gasteiger partial charge is 0.465 e. The van der Waals surface area contributed by atoms with Crippen molar-refractivity contribution in [3.63, 3.8) is 0 Å². The van der Waals surface area contributed by atoms with Crippen LogP contribution in [0.2, 0.25) is 0 Å². The fraction of sp³-hybridized carbons (Fsp3) is 0.500. The van der Waals surface area contributed by atoms with Gasteiger partial charge in [-0.15, -0.1) is 11.3 Å². The van der Waals surface area contributed by atoms with Crippen LogP contribution in [0.3, 0.4) is 0 Å². The van der Waals surface area contributed by atoms with E-state index in [2.05, 4.69) is 32.0 Å². The van der Waals surface area contributed by atoms with E-state index in [9.17, 15) is 4.79 Å². The maximum Gasteiger partial charge on any atom is 0.341 e. The molecule has 3 heterocycles. The monoisotopic (exact) mass is 431 g/mol. The number of esters is 1. The number of rotatable bonds is 3. The summed E-state index contributed by atoms with van der Waals surface area (Å²) in [4.78, 5) is 26.7. The van der Waals surface area contributed by atoms with Crippen LogP contribution in [0.1, 0.15) is 34.1 Å². The normalized spacial score (nSPS) is 18.9. The van der Waals surface area contributed by atoms with Gasteiger partial charge in [0.05, 0.1) is 12.7 Å². The molecule has 4 rings (SSSR count). The lowest BCUT2D eigenvalue weighted by Crippen LogP contribution is -2.50. The third-order valence-electron chi connectivity index (χ3n) is 5.52. The lowest BCUT2D eigenvalue weighted by molar-refractivity contribution is 0.0601. The van der Waals surface area contributed by atoms with E-state index >= 15 is 0 Å². The van der Waals surface area contributed by atoms with Gasteiger partial charge in [0, 0.05) is 43.4 Å². The molecular formula is C20H25N5O2S2. The van der Waals surface area contributed by atoms with Gasteiger partial charge in [0.15, 0.2) is 5.11 Å². The van der Waals surface area contributed by atoms with E-state index in [-0.39, 0.29) is 5.97 Å². The van der Waals surface area contributed by atoms with E-state index in [1.54, 1.807) is 23.7 Å². The van der Waals surface area contributed by atoms with Crippen LogP contribution in [0.5, 0.6) is 0 Å². The van der Waals surface area contributed by atoms with Gasteiger partial charge in [0.2, 0.25) is 5.95 Å². The van der Waals surface area contributed by atoms with E-state index in [4.69, 9.17) is 17.0 Å². The molecule has 1 fully saturated rings.